The van der Waals surface area contributed by atoms with Gasteiger partial charge in [0.25, 0.3) is 0 Å². The van der Waals surface area contributed by atoms with Gasteiger partial charge in [0.15, 0.2) is 5.96 Å². The quantitative estimate of drug-likeness (QED) is 0.356. The number of hydrogen-bond acceptors (Lipinski definition) is 3. The Bertz CT molecular complexity index is 582. The standard InChI is InChI=1S/C19H30BrN5O/c1-3-21-19(23-11-10-22-15(2)26)24-18-8-12-25(13-9-18)14-16-4-6-17(20)7-5-16/h4-7,18H,3,8-14H2,1-2H3,(H,22,26)(H2,21,23,24). The number of aliphatic imine (C=N–C) groups is 1. The number of rotatable bonds is 7. The number of halogens is 1. The maximum absolute atomic E-state index is 10.9. The highest BCUT2D eigenvalue weighted by molar-refractivity contribution is 9.10. The lowest BCUT2D eigenvalue weighted by molar-refractivity contribution is -0.118. The van der Waals surface area contributed by atoms with Gasteiger partial charge in [-0.1, -0.05) is 28.1 Å². The van der Waals surface area contributed by atoms with Gasteiger partial charge in [-0.3, -0.25) is 14.7 Å². The predicted octanol–water partition coefficient (Wildman–Crippen LogP) is 2.10. The number of amides is 1. The molecule has 1 aromatic carbocycles. The molecule has 144 valence electrons. The number of carbonyl (C=O) groups is 1. The molecule has 0 aromatic heterocycles. The fourth-order valence-electron chi connectivity index (χ4n) is 3.00. The van der Waals surface area contributed by atoms with E-state index in [1.54, 1.807) is 0 Å². The van der Waals surface area contributed by atoms with Crippen molar-refractivity contribution in [3.05, 3.63) is 34.3 Å². The second-order valence-corrected chi connectivity index (χ2v) is 7.48. The first-order chi connectivity index (χ1) is 12.6. The molecule has 6 nitrogen and oxygen atoms in total. The Kier molecular flexibility index (Phi) is 8.91. The number of nitrogens with one attached hydrogen (secondary N) is 3. The van der Waals surface area contributed by atoms with Gasteiger partial charge in [-0.15, -0.1) is 0 Å². The monoisotopic (exact) mass is 423 g/mol. The number of guanidine groups is 1. The summed E-state index contributed by atoms with van der Waals surface area (Å²) < 4.78 is 1.12. The Hall–Kier alpha value is -1.60. The van der Waals surface area contributed by atoms with Crippen molar-refractivity contribution in [1.82, 2.24) is 20.9 Å². The molecule has 1 saturated heterocycles. The summed E-state index contributed by atoms with van der Waals surface area (Å²) in [7, 11) is 0. The van der Waals surface area contributed by atoms with Crippen LogP contribution in [0.2, 0.25) is 0 Å². The van der Waals surface area contributed by atoms with Gasteiger partial charge in [0.05, 0.1) is 6.54 Å². The largest absolute Gasteiger partial charge is 0.357 e. The molecule has 1 heterocycles. The molecule has 2 rings (SSSR count). The van der Waals surface area contributed by atoms with Crippen LogP contribution in [0.5, 0.6) is 0 Å². The number of benzene rings is 1. The molecule has 0 bridgehead atoms. The Morgan fingerprint density at radius 1 is 1.23 bits per heavy atom. The first-order valence-corrected chi connectivity index (χ1v) is 10.1. The average molecular weight is 424 g/mol. The van der Waals surface area contributed by atoms with Crippen molar-refractivity contribution in [3.63, 3.8) is 0 Å². The van der Waals surface area contributed by atoms with Gasteiger partial charge in [0, 0.05) is 50.2 Å². The predicted molar refractivity (Wildman–Crippen MR) is 110 cm³/mol. The van der Waals surface area contributed by atoms with Crippen molar-refractivity contribution in [2.24, 2.45) is 4.99 Å². The summed E-state index contributed by atoms with van der Waals surface area (Å²) >= 11 is 3.48. The van der Waals surface area contributed by atoms with Crippen LogP contribution < -0.4 is 16.0 Å². The van der Waals surface area contributed by atoms with Crippen LogP contribution in [0, 0.1) is 0 Å². The van der Waals surface area contributed by atoms with Gasteiger partial charge in [0.1, 0.15) is 0 Å². The summed E-state index contributed by atoms with van der Waals surface area (Å²) in [6.45, 7) is 8.73. The van der Waals surface area contributed by atoms with E-state index in [2.05, 4.69) is 73.0 Å². The number of nitrogens with zero attached hydrogens (tertiary/aromatic N) is 2. The molecule has 26 heavy (non-hydrogen) atoms. The van der Waals surface area contributed by atoms with E-state index in [1.165, 1.54) is 12.5 Å². The smallest absolute Gasteiger partial charge is 0.216 e. The third-order valence-corrected chi connectivity index (χ3v) is 4.88. The molecule has 0 radical (unpaired) electrons. The van der Waals surface area contributed by atoms with E-state index in [-0.39, 0.29) is 5.91 Å². The summed E-state index contributed by atoms with van der Waals surface area (Å²) in [5, 5.41) is 9.58. The molecule has 1 aliphatic heterocycles. The molecular formula is C19H30BrN5O. The highest BCUT2D eigenvalue weighted by Crippen LogP contribution is 2.16. The number of piperidine rings is 1. The zero-order valence-corrected chi connectivity index (χ0v) is 17.3. The van der Waals surface area contributed by atoms with E-state index in [0.717, 1.165) is 49.5 Å². The van der Waals surface area contributed by atoms with Gasteiger partial charge in [-0.05, 0) is 37.5 Å². The van der Waals surface area contributed by atoms with Crippen LogP contribution in [0.4, 0.5) is 0 Å². The van der Waals surface area contributed by atoms with Gasteiger partial charge in [-0.2, -0.15) is 0 Å². The average Bonchev–Trinajstić information content (AvgIpc) is 2.62. The molecule has 0 saturated carbocycles. The SMILES string of the molecule is CCNC(=NCCNC(C)=O)NC1CCN(Cc2ccc(Br)cc2)CC1. The molecule has 1 aromatic rings. The molecule has 0 unspecified atom stereocenters. The minimum absolute atomic E-state index is 0.0173. The second-order valence-electron chi connectivity index (χ2n) is 6.56. The van der Waals surface area contributed by atoms with Gasteiger partial charge in [0.2, 0.25) is 5.91 Å². The second kappa shape index (κ2) is 11.2. The van der Waals surface area contributed by atoms with Crippen LogP contribution >= 0.6 is 15.9 Å². The molecule has 0 aliphatic carbocycles. The normalized spacial score (nSPS) is 16.3. The van der Waals surface area contributed by atoms with Gasteiger partial charge < -0.3 is 16.0 Å². The molecule has 0 spiro atoms. The number of carbonyl (C=O) groups excluding carboxylic acids is 1. The van der Waals surface area contributed by atoms with Crippen molar-refractivity contribution in [1.29, 1.82) is 0 Å². The van der Waals surface area contributed by atoms with Crippen LogP contribution in [0.25, 0.3) is 0 Å². The van der Waals surface area contributed by atoms with Gasteiger partial charge >= 0.3 is 0 Å². The Morgan fingerprint density at radius 3 is 2.54 bits per heavy atom. The van der Waals surface area contributed by atoms with E-state index in [4.69, 9.17) is 0 Å². The molecule has 0 atom stereocenters. The van der Waals surface area contributed by atoms with E-state index in [9.17, 15) is 4.79 Å². The molecule has 1 aliphatic rings. The highest BCUT2D eigenvalue weighted by atomic mass is 79.9. The first-order valence-electron chi connectivity index (χ1n) is 9.33. The maximum Gasteiger partial charge on any atom is 0.216 e. The van der Waals surface area contributed by atoms with Crippen molar-refractivity contribution in [2.45, 2.75) is 39.3 Å². The molecule has 1 amide bonds. The first kappa shape index (κ1) is 20.7. The maximum atomic E-state index is 10.9. The zero-order chi connectivity index (χ0) is 18.8. The van der Waals surface area contributed by atoms with E-state index in [0.29, 0.717) is 19.1 Å². The Labute approximate surface area is 165 Å². The molecular weight excluding hydrogens is 394 g/mol. The zero-order valence-electron chi connectivity index (χ0n) is 15.7. The Balaban J connectivity index is 1.75. The van der Waals surface area contributed by atoms with Gasteiger partial charge in [-0.25, -0.2) is 0 Å². The third kappa shape index (κ3) is 7.74. The van der Waals surface area contributed by atoms with Crippen LogP contribution in [-0.2, 0) is 11.3 Å². The highest BCUT2D eigenvalue weighted by Gasteiger charge is 2.20. The summed E-state index contributed by atoms with van der Waals surface area (Å²) in [6.07, 6.45) is 2.21. The van der Waals surface area contributed by atoms with Crippen LogP contribution in [0.1, 0.15) is 32.3 Å². The van der Waals surface area contributed by atoms with Crippen LogP contribution in [0.3, 0.4) is 0 Å². The minimum atomic E-state index is -0.0173. The summed E-state index contributed by atoms with van der Waals surface area (Å²) in [5.41, 5.74) is 1.35. The van der Waals surface area contributed by atoms with Crippen LogP contribution in [-0.4, -0.2) is 55.5 Å². The van der Waals surface area contributed by atoms with Crippen molar-refractivity contribution < 1.29 is 4.79 Å². The number of hydrogen-bond donors (Lipinski definition) is 3. The minimum Gasteiger partial charge on any atom is -0.357 e. The lowest BCUT2D eigenvalue weighted by Gasteiger charge is -2.33. The van der Waals surface area contributed by atoms with Crippen molar-refractivity contribution >= 4 is 27.8 Å². The summed E-state index contributed by atoms with van der Waals surface area (Å²) in [4.78, 5) is 17.9. The van der Waals surface area contributed by atoms with Crippen molar-refractivity contribution in [3.8, 4) is 0 Å². The lowest BCUT2D eigenvalue weighted by atomic mass is 10.0. The molecule has 1 fully saturated rings. The summed E-state index contributed by atoms with van der Waals surface area (Å²) in [6, 6.07) is 9.00. The fourth-order valence-corrected chi connectivity index (χ4v) is 3.26. The van der Waals surface area contributed by atoms with E-state index >= 15 is 0 Å². The van der Waals surface area contributed by atoms with Crippen LogP contribution in [0.15, 0.2) is 33.7 Å². The van der Waals surface area contributed by atoms with E-state index < -0.39 is 0 Å². The number of likely N-dealkylation sites (tertiary alicyclic amines) is 1. The summed E-state index contributed by atoms with van der Waals surface area (Å²) in [5.74, 6) is 0.820. The lowest BCUT2D eigenvalue weighted by Crippen LogP contribution is -2.48. The van der Waals surface area contributed by atoms with E-state index in [1.807, 2.05) is 0 Å². The van der Waals surface area contributed by atoms with Crippen molar-refractivity contribution in [2.75, 3.05) is 32.7 Å². The molecule has 7 heteroatoms. The third-order valence-electron chi connectivity index (χ3n) is 4.35. The topological polar surface area (TPSA) is 68.8 Å². The molecule has 3 N–H and O–H groups in total. The fraction of sp³-hybridized carbons (Fsp3) is 0.579. The Morgan fingerprint density at radius 2 is 1.92 bits per heavy atom.